The molecule has 0 amide bonds. The van der Waals surface area contributed by atoms with Crippen LogP contribution in [-0.2, 0) is 16.6 Å². The average Bonchev–Trinajstić information content (AvgIpc) is 3.32. The van der Waals surface area contributed by atoms with Gasteiger partial charge in [-0.25, -0.2) is 0 Å². The highest BCUT2D eigenvalue weighted by Crippen LogP contribution is 2.62. The molecule has 6 rings (SSSR count). The number of piperidine rings is 1. The molecule has 1 N–H and O–H groups in total. The molecule has 0 aromatic heterocycles. The number of benzene rings is 1. The second-order valence-electron chi connectivity index (χ2n) is 8.55. The van der Waals surface area contributed by atoms with E-state index in [0.29, 0.717) is 24.1 Å². The zero-order valence-electron chi connectivity index (χ0n) is 13.8. The molecule has 1 spiro atoms. The summed E-state index contributed by atoms with van der Waals surface area (Å²) >= 11 is 0. The van der Waals surface area contributed by atoms with E-state index in [2.05, 4.69) is 4.90 Å². The topological polar surface area (TPSA) is 49.8 Å². The molecule has 4 nitrogen and oxygen atoms in total. The molecular formula is C20H23NO3. The standard InChI is InChI=1S/C20H23NO3/c22-15-5-6-17-18-12(15)9-14-13-3-4-16(23)19(24-17)20(13,18)7-8-21(14)10-11-1-2-11/h5-6,11,13-14,19,22H,1-4,7-10H2/t13?,14?,19?,20-/m0/s1. The average molecular weight is 325 g/mol. The molecule has 126 valence electrons. The van der Waals surface area contributed by atoms with Crippen molar-refractivity contribution in [3.8, 4) is 11.5 Å². The van der Waals surface area contributed by atoms with E-state index in [9.17, 15) is 9.90 Å². The van der Waals surface area contributed by atoms with E-state index in [1.807, 2.05) is 6.07 Å². The molecule has 4 heteroatoms. The summed E-state index contributed by atoms with van der Waals surface area (Å²) in [6.07, 6.45) is 5.99. The van der Waals surface area contributed by atoms with Crippen LogP contribution in [0.4, 0.5) is 0 Å². The van der Waals surface area contributed by atoms with Gasteiger partial charge in [0.25, 0.3) is 0 Å². The van der Waals surface area contributed by atoms with E-state index in [1.54, 1.807) is 6.07 Å². The van der Waals surface area contributed by atoms with Crippen LogP contribution in [0, 0.1) is 11.8 Å². The third-order valence-corrected chi connectivity index (χ3v) is 7.43. The minimum Gasteiger partial charge on any atom is -0.508 e. The first-order valence-corrected chi connectivity index (χ1v) is 9.47. The third kappa shape index (κ3) is 1.52. The van der Waals surface area contributed by atoms with Crippen molar-refractivity contribution >= 4 is 5.78 Å². The predicted octanol–water partition coefficient (Wildman–Crippen LogP) is 2.41. The van der Waals surface area contributed by atoms with Crippen molar-refractivity contribution in [2.45, 2.75) is 56.1 Å². The lowest BCUT2D eigenvalue weighted by Gasteiger charge is -2.57. The second-order valence-corrected chi connectivity index (χ2v) is 8.55. The van der Waals surface area contributed by atoms with Gasteiger partial charge in [-0.2, -0.15) is 0 Å². The number of nitrogens with zero attached hydrogens (tertiary/aromatic N) is 1. The minimum absolute atomic E-state index is 0.165. The molecule has 3 aliphatic carbocycles. The van der Waals surface area contributed by atoms with Crippen molar-refractivity contribution in [3.63, 3.8) is 0 Å². The number of ether oxygens (including phenoxy) is 1. The molecule has 3 unspecified atom stereocenters. The lowest BCUT2D eigenvalue weighted by atomic mass is 9.51. The molecule has 1 saturated heterocycles. The monoisotopic (exact) mass is 325 g/mol. The van der Waals surface area contributed by atoms with Crippen molar-refractivity contribution < 1.29 is 14.6 Å². The summed E-state index contributed by atoms with van der Waals surface area (Å²) < 4.78 is 6.20. The van der Waals surface area contributed by atoms with E-state index in [1.165, 1.54) is 24.9 Å². The Morgan fingerprint density at radius 1 is 1.29 bits per heavy atom. The van der Waals surface area contributed by atoms with Crippen molar-refractivity contribution in [1.82, 2.24) is 4.90 Å². The first-order valence-electron chi connectivity index (χ1n) is 9.47. The maximum absolute atomic E-state index is 12.7. The summed E-state index contributed by atoms with van der Waals surface area (Å²) in [4.78, 5) is 15.3. The van der Waals surface area contributed by atoms with Crippen LogP contribution < -0.4 is 4.74 Å². The zero-order valence-corrected chi connectivity index (χ0v) is 13.8. The molecule has 3 fully saturated rings. The molecule has 1 aromatic rings. The number of Topliss-reactive ketones (excluding diaryl/α,β-unsaturated/α-hetero) is 1. The molecule has 2 bridgehead atoms. The Bertz CT molecular complexity index is 755. The van der Waals surface area contributed by atoms with Gasteiger partial charge in [-0.05, 0) is 62.6 Å². The van der Waals surface area contributed by atoms with Crippen LogP contribution in [0.1, 0.15) is 43.2 Å². The van der Waals surface area contributed by atoms with E-state index < -0.39 is 0 Å². The summed E-state index contributed by atoms with van der Waals surface area (Å²) in [7, 11) is 0. The maximum Gasteiger partial charge on any atom is 0.174 e. The first kappa shape index (κ1) is 13.7. The molecule has 5 aliphatic rings. The normalized spacial score (nSPS) is 39.5. The summed E-state index contributed by atoms with van der Waals surface area (Å²) in [5.41, 5.74) is 2.08. The molecule has 2 heterocycles. The fourth-order valence-electron chi connectivity index (χ4n) is 6.28. The molecule has 2 saturated carbocycles. The van der Waals surface area contributed by atoms with Gasteiger partial charge in [0.05, 0.1) is 0 Å². The van der Waals surface area contributed by atoms with E-state index >= 15 is 0 Å². The predicted molar refractivity (Wildman–Crippen MR) is 88.3 cm³/mol. The number of rotatable bonds is 2. The second kappa shape index (κ2) is 4.34. The highest BCUT2D eigenvalue weighted by molar-refractivity contribution is 5.89. The van der Waals surface area contributed by atoms with E-state index in [4.69, 9.17) is 4.74 Å². The van der Waals surface area contributed by atoms with Crippen LogP contribution >= 0.6 is 0 Å². The number of phenolic OH excluding ortho intramolecular Hbond substituents is 1. The number of carbonyl (C=O) groups excluding carboxylic acids is 1. The molecular weight excluding hydrogens is 302 g/mol. The van der Waals surface area contributed by atoms with Crippen molar-refractivity contribution in [2.75, 3.05) is 13.1 Å². The number of hydrogen-bond donors (Lipinski definition) is 1. The summed E-state index contributed by atoms with van der Waals surface area (Å²) in [5.74, 6) is 2.91. The van der Waals surface area contributed by atoms with Crippen LogP contribution in [0.5, 0.6) is 11.5 Å². The number of hydrogen-bond acceptors (Lipinski definition) is 4. The highest BCUT2D eigenvalue weighted by Gasteiger charge is 2.65. The minimum atomic E-state index is -0.308. The van der Waals surface area contributed by atoms with E-state index in [-0.39, 0.29) is 17.3 Å². The van der Waals surface area contributed by atoms with Gasteiger partial charge in [0, 0.05) is 35.5 Å². The molecule has 4 atom stereocenters. The Balaban J connectivity index is 1.54. The smallest absolute Gasteiger partial charge is 0.174 e. The largest absolute Gasteiger partial charge is 0.508 e. The molecule has 1 aromatic carbocycles. The summed E-state index contributed by atoms with van der Waals surface area (Å²) in [6.45, 7) is 2.27. The third-order valence-electron chi connectivity index (χ3n) is 7.43. The van der Waals surface area contributed by atoms with Gasteiger partial charge in [-0.15, -0.1) is 0 Å². The van der Waals surface area contributed by atoms with Crippen molar-refractivity contribution in [2.24, 2.45) is 11.8 Å². The molecule has 24 heavy (non-hydrogen) atoms. The Morgan fingerprint density at radius 2 is 2.17 bits per heavy atom. The van der Waals surface area contributed by atoms with Gasteiger partial charge in [0.2, 0.25) is 0 Å². The summed E-state index contributed by atoms with van der Waals surface area (Å²) in [5, 5.41) is 10.5. The van der Waals surface area contributed by atoms with Crippen LogP contribution in [0.15, 0.2) is 12.1 Å². The Hall–Kier alpha value is -1.55. The quantitative estimate of drug-likeness (QED) is 0.907. The van der Waals surface area contributed by atoms with Gasteiger partial charge in [-0.1, -0.05) is 0 Å². The SMILES string of the molecule is O=C1CCC2C3Cc4c(O)ccc5c4[C@@]2(CCN3CC2CC2)C1O5. The Morgan fingerprint density at radius 3 is 3.00 bits per heavy atom. The number of likely N-dealkylation sites (tertiary alicyclic amines) is 1. The number of carbonyl (C=O) groups is 1. The van der Waals surface area contributed by atoms with Gasteiger partial charge in [0.1, 0.15) is 11.5 Å². The number of phenols is 1. The summed E-state index contributed by atoms with van der Waals surface area (Å²) in [6, 6.07) is 4.10. The Kier molecular flexibility index (Phi) is 2.48. The van der Waals surface area contributed by atoms with Gasteiger partial charge >= 0.3 is 0 Å². The fourth-order valence-corrected chi connectivity index (χ4v) is 6.28. The van der Waals surface area contributed by atoms with Crippen molar-refractivity contribution in [1.29, 1.82) is 0 Å². The maximum atomic E-state index is 12.7. The fraction of sp³-hybridized carbons (Fsp3) is 0.650. The van der Waals surface area contributed by atoms with Gasteiger partial charge in [0.15, 0.2) is 11.9 Å². The number of ketones is 1. The first-order chi connectivity index (χ1) is 11.7. The molecule has 2 aliphatic heterocycles. The van der Waals surface area contributed by atoms with Crippen LogP contribution in [0.2, 0.25) is 0 Å². The van der Waals surface area contributed by atoms with Crippen LogP contribution in [0.3, 0.4) is 0 Å². The van der Waals surface area contributed by atoms with Gasteiger partial charge < -0.3 is 9.84 Å². The number of aromatic hydroxyl groups is 1. The zero-order chi connectivity index (χ0) is 16.1. The van der Waals surface area contributed by atoms with Crippen LogP contribution in [-0.4, -0.2) is 41.0 Å². The lowest BCUT2D eigenvalue weighted by molar-refractivity contribution is -0.138. The molecule has 0 radical (unpaired) electrons. The lowest BCUT2D eigenvalue weighted by Crippen LogP contribution is -2.66. The van der Waals surface area contributed by atoms with Crippen molar-refractivity contribution in [3.05, 3.63) is 23.3 Å². The van der Waals surface area contributed by atoms with Crippen LogP contribution in [0.25, 0.3) is 0 Å². The Labute approximate surface area is 141 Å². The van der Waals surface area contributed by atoms with Gasteiger partial charge in [-0.3, -0.25) is 9.69 Å². The highest BCUT2D eigenvalue weighted by atomic mass is 16.5. The van der Waals surface area contributed by atoms with E-state index in [0.717, 1.165) is 43.0 Å².